The molecule has 1 aromatic heterocycles. The van der Waals surface area contributed by atoms with E-state index in [0.29, 0.717) is 13.0 Å². The molecule has 0 bridgehead atoms. The zero-order valence-electron chi connectivity index (χ0n) is 10.3. The average molecular weight is 252 g/mol. The summed E-state index contributed by atoms with van der Waals surface area (Å²) < 4.78 is 21.4. The van der Waals surface area contributed by atoms with Crippen LogP contribution < -0.4 is 4.74 Å². The Bertz CT molecular complexity index is 478. The van der Waals surface area contributed by atoms with Gasteiger partial charge in [-0.25, -0.2) is 4.21 Å². The van der Waals surface area contributed by atoms with Crippen molar-refractivity contribution >= 4 is 16.7 Å². The van der Waals surface area contributed by atoms with Gasteiger partial charge in [-0.05, 0) is 32.9 Å². The van der Waals surface area contributed by atoms with E-state index in [1.807, 2.05) is 32.9 Å². The molecule has 0 fully saturated rings. The second-order valence-corrected chi connectivity index (χ2v) is 6.75. The highest BCUT2D eigenvalue weighted by molar-refractivity contribution is 7.85. The third-order valence-corrected chi connectivity index (χ3v) is 3.79. The van der Waals surface area contributed by atoms with E-state index >= 15 is 0 Å². The largest absolute Gasteiger partial charge is 0.491 e. The van der Waals surface area contributed by atoms with Crippen LogP contribution in [0.5, 0.6) is 5.75 Å². The zero-order chi connectivity index (χ0) is 12.5. The predicted octanol–water partition coefficient (Wildman–Crippen LogP) is 2.12. The molecule has 0 aliphatic carbocycles. The second kappa shape index (κ2) is 4.56. The lowest BCUT2D eigenvalue weighted by atomic mass is 10.1. The highest BCUT2D eigenvalue weighted by Crippen LogP contribution is 2.24. The number of rotatable bonds is 1. The molecule has 0 spiro atoms. The minimum absolute atomic E-state index is 0.347. The summed E-state index contributed by atoms with van der Waals surface area (Å²) >= 11 is 0. The van der Waals surface area contributed by atoms with Crippen LogP contribution in [0.3, 0.4) is 0 Å². The molecule has 0 aromatic carbocycles. The Balaban J connectivity index is 2.36. The maximum absolute atomic E-state index is 12.0. The Morgan fingerprint density at radius 3 is 2.94 bits per heavy atom. The Kier molecular flexibility index (Phi) is 3.28. The van der Waals surface area contributed by atoms with Crippen LogP contribution in [-0.2, 0) is 11.0 Å². The summed E-state index contributed by atoms with van der Waals surface area (Å²) in [6.07, 6.45) is 2.36. The zero-order valence-corrected chi connectivity index (χ0v) is 11.1. The number of ether oxygens (including phenoxy) is 1. The van der Waals surface area contributed by atoms with Crippen molar-refractivity contribution in [3.8, 4) is 5.75 Å². The third-order valence-electron chi connectivity index (χ3n) is 2.36. The van der Waals surface area contributed by atoms with E-state index in [1.54, 1.807) is 6.20 Å². The summed E-state index contributed by atoms with van der Waals surface area (Å²) in [4.78, 5) is 4.25. The van der Waals surface area contributed by atoms with E-state index in [2.05, 4.69) is 9.38 Å². The molecule has 5 heteroatoms. The first-order valence-corrected chi connectivity index (χ1v) is 6.67. The van der Waals surface area contributed by atoms with E-state index in [-0.39, 0.29) is 4.75 Å². The lowest BCUT2D eigenvalue weighted by Gasteiger charge is -2.19. The van der Waals surface area contributed by atoms with Crippen LogP contribution >= 0.6 is 0 Å². The first kappa shape index (κ1) is 12.2. The standard InChI is InChI=1S/C12H16N2O2S/c1-12(2,3)17(15)14-9-6-8-16-10-5-4-7-13-11(9)10/h4-5,7H,6,8H2,1-3H3/b14-9+/t17-/m1/s1. The minimum Gasteiger partial charge on any atom is -0.491 e. The lowest BCUT2D eigenvalue weighted by Crippen LogP contribution is -2.24. The molecule has 0 amide bonds. The highest BCUT2D eigenvalue weighted by atomic mass is 32.2. The molecule has 1 atom stereocenters. The Hall–Kier alpha value is -1.23. The molecule has 92 valence electrons. The smallest absolute Gasteiger partial charge is 0.146 e. The second-order valence-electron chi connectivity index (χ2n) is 4.85. The molecule has 0 radical (unpaired) electrons. The van der Waals surface area contributed by atoms with Crippen LogP contribution in [0, 0.1) is 0 Å². The van der Waals surface area contributed by atoms with Crippen molar-refractivity contribution in [1.29, 1.82) is 0 Å². The van der Waals surface area contributed by atoms with Gasteiger partial charge in [0.25, 0.3) is 0 Å². The van der Waals surface area contributed by atoms with Gasteiger partial charge in [0.1, 0.15) is 22.4 Å². The summed E-state index contributed by atoms with van der Waals surface area (Å²) in [5.74, 6) is 0.725. The van der Waals surface area contributed by atoms with Crippen LogP contribution in [-0.4, -0.2) is 26.3 Å². The molecule has 0 saturated carbocycles. The van der Waals surface area contributed by atoms with Crippen molar-refractivity contribution in [1.82, 2.24) is 4.98 Å². The fraction of sp³-hybridized carbons (Fsp3) is 0.500. The molecule has 0 saturated heterocycles. The van der Waals surface area contributed by atoms with E-state index in [9.17, 15) is 4.21 Å². The molecule has 0 unspecified atom stereocenters. The number of aromatic nitrogens is 1. The van der Waals surface area contributed by atoms with Gasteiger partial charge in [-0.1, -0.05) is 0 Å². The Morgan fingerprint density at radius 1 is 1.47 bits per heavy atom. The molecular formula is C12H16N2O2S. The molecule has 17 heavy (non-hydrogen) atoms. The number of fused-ring (bicyclic) bond motifs is 1. The fourth-order valence-corrected chi connectivity index (χ4v) is 2.08. The van der Waals surface area contributed by atoms with Crippen molar-refractivity contribution in [2.75, 3.05) is 6.61 Å². The van der Waals surface area contributed by atoms with Gasteiger partial charge in [-0.3, -0.25) is 4.98 Å². The number of hydrogen-bond donors (Lipinski definition) is 0. The minimum atomic E-state index is -1.25. The number of hydrogen-bond acceptors (Lipinski definition) is 3. The average Bonchev–Trinajstić information content (AvgIpc) is 2.28. The lowest BCUT2D eigenvalue weighted by molar-refractivity contribution is 0.318. The van der Waals surface area contributed by atoms with Gasteiger partial charge in [0.2, 0.25) is 0 Å². The first-order valence-electron chi connectivity index (χ1n) is 5.56. The molecule has 0 N–H and O–H groups in total. The van der Waals surface area contributed by atoms with Gasteiger partial charge in [0, 0.05) is 12.6 Å². The van der Waals surface area contributed by atoms with Crippen LogP contribution in [0.4, 0.5) is 0 Å². The van der Waals surface area contributed by atoms with Gasteiger partial charge in [0.05, 0.1) is 17.1 Å². The van der Waals surface area contributed by atoms with Crippen molar-refractivity contribution in [2.45, 2.75) is 31.9 Å². The number of pyridine rings is 1. The van der Waals surface area contributed by atoms with Crippen molar-refractivity contribution in [3.05, 3.63) is 24.0 Å². The summed E-state index contributed by atoms with van der Waals surface area (Å²) in [6, 6.07) is 3.68. The fourth-order valence-electron chi connectivity index (χ4n) is 1.43. The monoisotopic (exact) mass is 252 g/mol. The van der Waals surface area contributed by atoms with Gasteiger partial charge in [-0.2, -0.15) is 4.40 Å². The molecule has 4 nitrogen and oxygen atoms in total. The topological polar surface area (TPSA) is 51.5 Å². The van der Waals surface area contributed by atoms with Crippen molar-refractivity contribution < 1.29 is 8.95 Å². The molecule has 1 aliphatic rings. The first-order chi connectivity index (χ1) is 7.98. The normalized spacial score (nSPS) is 19.6. The van der Waals surface area contributed by atoms with Gasteiger partial charge < -0.3 is 4.74 Å². The Morgan fingerprint density at radius 2 is 2.24 bits per heavy atom. The number of nitrogens with zero attached hydrogens (tertiary/aromatic N) is 2. The molecular weight excluding hydrogens is 236 g/mol. The van der Waals surface area contributed by atoms with Gasteiger partial charge >= 0.3 is 0 Å². The van der Waals surface area contributed by atoms with E-state index < -0.39 is 11.0 Å². The molecule has 2 heterocycles. The SMILES string of the molecule is CC(C)(C)[S@@](=O)/N=C1\CCOc2cccnc21. The molecule has 1 aliphatic heterocycles. The van der Waals surface area contributed by atoms with Gasteiger partial charge in [0.15, 0.2) is 0 Å². The van der Waals surface area contributed by atoms with Gasteiger partial charge in [-0.15, -0.1) is 0 Å². The Labute approximate surface area is 104 Å². The van der Waals surface area contributed by atoms with E-state index in [4.69, 9.17) is 4.74 Å². The van der Waals surface area contributed by atoms with Crippen LogP contribution in [0.25, 0.3) is 0 Å². The quantitative estimate of drug-likeness (QED) is 0.769. The highest BCUT2D eigenvalue weighted by Gasteiger charge is 2.23. The van der Waals surface area contributed by atoms with Crippen molar-refractivity contribution in [3.63, 3.8) is 0 Å². The van der Waals surface area contributed by atoms with Crippen LogP contribution in [0.15, 0.2) is 22.7 Å². The van der Waals surface area contributed by atoms with Crippen molar-refractivity contribution in [2.24, 2.45) is 4.40 Å². The summed E-state index contributed by atoms with van der Waals surface area (Å²) in [7, 11) is -1.25. The molecule has 1 aromatic rings. The van der Waals surface area contributed by atoms with Crippen LogP contribution in [0.2, 0.25) is 0 Å². The third kappa shape index (κ3) is 2.72. The predicted molar refractivity (Wildman–Crippen MR) is 68.8 cm³/mol. The molecule has 2 rings (SSSR count). The maximum Gasteiger partial charge on any atom is 0.146 e. The summed E-state index contributed by atoms with van der Waals surface area (Å²) in [5.41, 5.74) is 1.50. The van der Waals surface area contributed by atoms with E-state index in [0.717, 1.165) is 17.2 Å². The maximum atomic E-state index is 12.0. The summed E-state index contributed by atoms with van der Waals surface area (Å²) in [6.45, 7) is 6.29. The summed E-state index contributed by atoms with van der Waals surface area (Å²) in [5, 5.41) is 0. The van der Waals surface area contributed by atoms with E-state index in [1.165, 1.54) is 0 Å². The van der Waals surface area contributed by atoms with Crippen LogP contribution in [0.1, 0.15) is 32.9 Å².